The maximum atomic E-state index is 2.46. The molecule has 0 unspecified atom stereocenters. The third-order valence-electron chi connectivity index (χ3n) is 14.6. The van der Waals surface area contributed by atoms with Crippen molar-refractivity contribution in [2.75, 3.05) is 0 Å². The second-order valence-corrected chi connectivity index (χ2v) is 20.3. The van der Waals surface area contributed by atoms with Gasteiger partial charge in [0.25, 0.3) is 0 Å². The van der Waals surface area contributed by atoms with Crippen molar-refractivity contribution in [1.29, 1.82) is 0 Å². The average Bonchev–Trinajstić information content (AvgIpc) is 4.00. The summed E-state index contributed by atoms with van der Waals surface area (Å²) in [7, 11) is 0. The van der Waals surface area contributed by atoms with Gasteiger partial charge in [0, 0.05) is 40.3 Å². The first-order chi connectivity index (χ1) is 33.7. The maximum absolute atomic E-state index is 2.46. The normalized spacial score (nSPS) is 12.1. The smallest absolute Gasteiger partial charge is 0.0440 e. The van der Waals surface area contributed by atoms with Crippen LogP contribution in [-0.2, 0) is 0 Å². The molecule has 0 aliphatic carbocycles. The van der Waals surface area contributed by atoms with E-state index < -0.39 is 0 Å². The zero-order valence-corrected chi connectivity index (χ0v) is 38.4. The lowest BCUT2D eigenvalue weighted by molar-refractivity contribution is 1.63. The molecule has 15 rings (SSSR count). The maximum Gasteiger partial charge on any atom is 0.0440 e. The number of rotatable bonds is 4. The third kappa shape index (κ3) is 5.59. The highest BCUT2D eigenvalue weighted by Gasteiger charge is 2.19. The van der Waals surface area contributed by atoms with Crippen LogP contribution in [0.5, 0.6) is 0 Å². The molecule has 0 amide bonds. The molecule has 0 bridgehead atoms. The van der Waals surface area contributed by atoms with E-state index in [4.69, 9.17) is 0 Å². The number of hydrogen-bond donors (Lipinski definition) is 0. The van der Waals surface area contributed by atoms with Gasteiger partial charge in [-0.2, -0.15) is 0 Å². The van der Waals surface area contributed by atoms with Crippen molar-refractivity contribution in [3.8, 4) is 44.5 Å². The van der Waals surface area contributed by atoms with Gasteiger partial charge in [-0.3, -0.25) is 0 Å². The molecule has 0 atom stereocenters. The van der Waals surface area contributed by atoms with Gasteiger partial charge in [-0.25, -0.2) is 0 Å². The fourth-order valence-electron chi connectivity index (χ4n) is 11.5. The van der Waals surface area contributed by atoms with Crippen LogP contribution in [0, 0.1) is 0 Å². The van der Waals surface area contributed by atoms with Gasteiger partial charge in [-0.15, -0.1) is 22.7 Å². The molecule has 0 saturated heterocycles. The van der Waals surface area contributed by atoms with Gasteiger partial charge in [-0.05, 0) is 146 Å². The molecule has 13 aromatic carbocycles. The van der Waals surface area contributed by atoms with Crippen molar-refractivity contribution in [2.45, 2.75) is 0 Å². The Hall–Kier alpha value is -8.14. The van der Waals surface area contributed by atoms with E-state index in [2.05, 4.69) is 231 Å². The number of hydrogen-bond acceptors (Lipinski definition) is 2. The predicted molar refractivity (Wildman–Crippen MR) is 299 cm³/mol. The molecule has 314 valence electrons. The van der Waals surface area contributed by atoms with Crippen LogP contribution in [0.4, 0.5) is 0 Å². The van der Waals surface area contributed by atoms with E-state index in [1.165, 1.54) is 149 Å². The highest BCUT2D eigenvalue weighted by Crippen LogP contribution is 2.48. The van der Waals surface area contributed by atoms with Crippen LogP contribution in [0.15, 0.2) is 231 Å². The molecule has 0 aliphatic rings. The average molecular weight is 895 g/mol. The number of benzene rings is 13. The fraction of sp³-hybridized carbons (Fsp3) is 0. The molecule has 0 spiro atoms. The van der Waals surface area contributed by atoms with Gasteiger partial charge in [0.1, 0.15) is 0 Å². The molecule has 0 radical (unpaired) electrons. The molecule has 15 aromatic rings. The number of fused-ring (bicyclic) bond motifs is 18. The molecule has 0 aliphatic heterocycles. The zero-order chi connectivity index (χ0) is 44.5. The highest BCUT2D eigenvalue weighted by molar-refractivity contribution is 7.26. The minimum Gasteiger partial charge on any atom is -0.135 e. The van der Waals surface area contributed by atoms with Crippen LogP contribution < -0.4 is 0 Å². The van der Waals surface area contributed by atoms with Crippen LogP contribution in [0.1, 0.15) is 0 Å². The lowest BCUT2D eigenvalue weighted by Crippen LogP contribution is -1.88. The van der Waals surface area contributed by atoms with Gasteiger partial charge in [-0.1, -0.05) is 194 Å². The van der Waals surface area contributed by atoms with Crippen molar-refractivity contribution in [2.24, 2.45) is 0 Å². The highest BCUT2D eigenvalue weighted by atomic mass is 32.1. The SMILES string of the molecule is c1cc(-c2ccc3c4ccc(-c5ccc(-c6ccc7c8ccccc8c8ccccc8c7c6)c6sc7ccccc7c56)cc4c4ccccc4c3c2)cc(-c2cccc3c2sc2ccccc23)c1. The first kappa shape index (κ1) is 38.0. The van der Waals surface area contributed by atoms with E-state index in [1.807, 2.05) is 22.7 Å². The van der Waals surface area contributed by atoms with Gasteiger partial charge in [0.2, 0.25) is 0 Å². The Bertz CT molecular complexity index is 4570. The quantitative estimate of drug-likeness (QED) is 0.154. The Balaban J connectivity index is 0.880. The second-order valence-electron chi connectivity index (χ2n) is 18.2. The zero-order valence-electron chi connectivity index (χ0n) is 36.8. The van der Waals surface area contributed by atoms with Crippen LogP contribution in [0.3, 0.4) is 0 Å². The van der Waals surface area contributed by atoms with Crippen LogP contribution in [-0.4, -0.2) is 0 Å². The Kier molecular flexibility index (Phi) is 8.21. The minimum absolute atomic E-state index is 1.23. The number of thiophene rings is 2. The summed E-state index contributed by atoms with van der Waals surface area (Å²) < 4.78 is 5.31. The van der Waals surface area contributed by atoms with Crippen molar-refractivity contribution >= 4 is 128 Å². The summed E-state index contributed by atoms with van der Waals surface area (Å²) in [4.78, 5) is 0. The topological polar surface area (TPSA) is 0 Å². The summed E-state index contributed by atoms with van der Waals surface area (Å²) >= 11 is 3.80. The Labute approximate surface area is 400 Å². The second kappa shape index (κ2) is 14.7. The van der Waals surface area contributed by atoms with Crippen LogP contribution in [0.25, 0.3) is 149 Å². The lowest BCUT2D eigenvalue weighted by atomic mass is 9.88. The lowest BCUT2D eigenvalue weighted by Gasteiger charge is -2.15. The van der Waals surface area contributed by atoms with Crippen LogP contribution >= 0.6 is 22.7 Å². The van der Waals surface area contributed by atoms with Gasteiger partial charge in [0.15, 0.2) is 0 Å². The van der Waals surface area contributed by atoms with E-state index in [1.54, 1.807) is 0 Å². The fourth-order valence-corrected chi connectivity index (χ4v) is 14.0. The van der Waals surface area contributed by atoms with E-state index in [0.29, 0.717) is 0 Å². The van der Waals surface area contributed by atoms with E-state index in [-0.39, 0.29) is 0 Å². The predicted octanol–water partition coefficient (Wildman–Crippen LogP) is 20.0. The van der Waals surface area contributed by atoms with Crippen molar-refractivity contribution in [3.63, 3.8) is 0 Å². The van der Waals surface area contributed by atoms with Gasteiger partial charge >= 0.3 is 0 Å². The van der Waals surface area contributed by atoms with E-state index >= 15 is 0 Å². The molecule has 0 saturated carbocycles. The van der Waals surface area contributed by atoms with Gasteiger partial charge < -0.3 is 0 Å². The van der Waals surface area contributed by atoms with Crippen molar-refractivity contribution < 1.29 is 0 Å². The minimum atomic E-state index is 1.23. The summed E-state index contributed by atoms with van der Waals surface area (Å²) in [5, 5.41) is 20.8. The molecule has 0 nitrogen and oxygen atoms in total. The molecule has 0 N–H and O–H groups in total. The van der Waals surface area contributed by atoms with E-state index in [0.717, 1.165) is 0 Å². The standard InChI is InChI=1S/C66H38S2/c1-2-17-49-47(15-1)48-16-3-4-18-50(48)61-38-43(29-32-53(49)61)46-34-33-44(64-58-22-8-10-26-63(58)68-66(46)64)42-28-31-55-54-30-27-40(36-59(54)51-19-5-6-20-52(51)60(55)37-42)39-13-11-14-41(35-39)45-23-12-24-57-56-21-7-9-25-62(56)67-65(45)57/h1-38H. The summed E-state index contributed by atoms with van der Waals surface area (Å²) in [6.45, 7) is 0. The summed E-state index contributed by atoms with van der Waals surface area (Å²) in [6, 6.07) is 86.4. The largest absolute Gasteiger partial charge is 0.135 e. The van der Waals surface area contributed by atoms with Gasteiger partial charge in [0.05, 0.1) is 0 Å². The Morgan fingerprint density at radius 1 is 0.191 bits per heavy atom. The van der Waals surface area contributed by atoms with Crippen molar-refractivity contribution in [3.05, 3.63) is 231 Å². The first-order valence-corrected chi connectivity index (χ1v) is 25.0. The first-order valence-electron chi connectivity index (χ1n) is 23.4. The van der Waals surface area contributed by atoms with E-state index in [9.17, 15) is 0 Å². The molecule has 0 fully saturated rings. The molecule has 68 heavy (non-hydrogen) atoms. The Morgan fingerprint density at radius 3 is 1.18 bits per heavy atom. The molecular formula is C66H38S2. The molecule has 2 aromatic heterocycles. The summed E-state index contributed by atoms with van der Waals surface area (Å²) in [6.07, 6.45) is 0. The summed E-state index contributed by atoms with van der Waals surface area (Å²) in [5.74, 6) is 0. The summed E-state index contributed by atoms with van der Waals surface area (Å²) in [5.41, 5.74) is 10.0. The molecular weight excluding hydrogens is 857 g/mol. The monoisotopic (exact) mass is 894 g/mol. The molecule has 2 heterocycles. The third-order valence-corrected chi connectivity index (χ3v) is 17.1. The molecule has 2 heteroatoms. The van der Waals surface area contributed by atoms with Crippen LogP contribution in [0.2, 0.25) is 0 Å². The van der Waals surface area contributed by atoms with Crippen molar-refractivity contribution in [1.82, 2.24) is 0 Å². The Morgan fingerprint density at radius 2 is 0.559 bits per heavy atom.